The molecule has 0 atom stereocenters. The summed E-state index contributed by atoms with van der Waals surface area (Å²) in [6.07, 6.45) is 6.15. The highest BCUT2D eigenvalue weighted by molar-refractivity contribution is 4.94. The maximum absolute atomic E-state index is 5.64. The van der Waals surface area contributed by atoms with Gasteiger partial charge in [-0.2, -0.15) is 0 Å². The molecule has 0 bridgehead atoms. The number of aryl methyl sites for hydroxylation is 1. The van der Waals surface area contributed by atoms with Gasteiger partial charge in [0.1, 0.15) is 5.76 Å². The summed E-state index contributed by atoms with van der Waals surface area (Å²) in [4.78, 5) is 4.28. The summed E-state index contributed by atoms with van der Waals surface area (Å²) in [5, 5.41) is 3.39. The number of hydrogen-bond donors (Lipinski definition) is 1. The second-order valence-corrected chi connectivity index (χ2v) is 4.67. The monoisotopic (exact) mass is 224 g/mol. The van der Waals surface area contributed by atoms with E-state index in [-0.39, 0.29) is 0 Å². The third kappa shape index (κ3) is 5.31. The lowest BCUT2D eigenvalue weighted by atomic mass is 10.2. The zero-order chi connectivity index (χ0) is 11.8. The van der Waals surface area contributed by atoms with Gasteiger partial charge in [0, 0.05) is 19.4 Å². The van der Waals surface area contributed by atoms with Crippen molar-refractivity contribution >= 4 is 0 Å². The molecule has 0 aliphatic rings. The first-order chi connectivity index (χ1) is 7.72. The van der Waals surface area contributed by atoms with Crippen LogP contribution in [0.5, 0.6) is 0 Å². The molecule has 0 saturated heterocycles. The number of rotatable bonds is 8. The minimum atomic E-state index is 0.699. The van der Waals surface area contributed by atoms with E-state index in [1.807, 2.05) is 6.20 Å². The smallest absolute Gasteiger partial charge is 0.195 e. The van der Waals surface area contributed by atoms with E-state index in [9.17, 15) is 0 Å². The van der Waals surface area contributed by atoms with E-state index >= 15 is 0 Å². The van der Waals surface area contributed by atoms with Crippen LogP contribution >= 0.6 is 0 Å². The van der Waals surface area contributed by atoms with Crippen LogP contribution in [0.4, 0.5) is 0 Å². The fourth-order valence-electron chi connectivity index (χ4n) is 1.52. The molecule has 1 aromatic heterocycles. The summed E-state index contributed by atoms with van der Waals surface area (Å²) in [6, 6.07) is 0. The molecule has 0 unspecified atom stereocenters. The molecule has 0 aromatic carbocycles. The van der Waals surface area contributed by atoms with Gasteiger partial charge in [-0.05, 0) is 18.9 Å². The van der Waals surface area contributed by atoms with Crippen molar-refractivity contribution in [2.75, 3.05) is 13.1 Å². The Bertz CT molecular complexity index is 281. The van der Waals surface area contributed by atoms with E-state index < -0.39 is 0 Å². The zero-order valence-corrected chi connectivity index (χ0v) is 10.8. The van der Waals surface area contributed by atoms with Crippen molar-refractivity contribution < 1.29 is 4.42 Å². The van der Waals surface area contributed by atoms with Gasteiger partial charge >= 0.3 is 0 Å². The molecule has 1 aromatic rings. The highest BCUT2D eigenvalue weighted by atomic mass is 16.4. The van der Waals surface area contributed by atoms with Gasteiger partial charge in [-0.25, -0.2) is 4.98 Å². The first-order valence-corrected chi connectivity index (χ1v) is 6.36. The van der Waals surface area contributed by atoms with Crippen LogP contribution in [0, 0.1) is 5.92 Å². The van der Waals surface area contributed by atoms with Crippen molar-refractivity contribution in [3.05, 3.63) is 17.8 Å². The van der Waals surface area contributed by atoms with Crippen molar-refractivity contribution in [2.45, 2.75) is 46.5 Å². The van der Waals surface area contributed by atoms with Crippen molar-refractivity contribution in [3.8, 4) is 0 Å². The van der Waals surface area contributed by atoms with E-state index in [1.54, 1.807) is 0 Å². The third-order valence-corrected chi connectivity index (χ3v) is 2.45. The van der Waals surface area contributed by atoms with Gasteiger partial charge in [-0.15, -0.1) is 0 Å². The summed E-state index contributed by atoms with van der Waals surface area (Å²) in [5.41, 5.74) is 0. The average Bonchev–Trinajstić information content (AvgIpc) is 2.69. The second kappa shape index (κ2) is 7.44. The number of aromatic nitrogens is 1. The maximum Gasteiger partial charge on any atom is 0.195 e. The topological polar surface area (TPSA) is 38.1 Å². The summed E-state index contributed by atoms with van der Waals surface area (Å²) < 4.78 is 5.64. The molecule has 0 aliphatic heterocycles. The lowest BCUT2D eigenvalue weighted by Crippen LogP contribution is -2.22. The Morgan fingerprint density at radius 3 is 2.88 bits per heavy atom. The van der Waals surface area contributed by atoms with E-state index in [0.29, 0.717) is 5.92 Å². The maximum atomic E-state index is 5.64. The molecule has 0 saturated carbocycles. The molecule has 16 heavy (non-hydrogen) atoms. The lowest BCUT2D eigenvalue weighted by molar-refractivity contribution is 0.439. The van der Waals surface area contributed by atoms with Crippen molar-refractivity contribution in [1.82, 2.24) is 10.3 Å². The average molecular weight is 224 g/mol. The summed E-state index contributed by atoms with van der Waals surface area (Å²) in [6.45, 7) is 8.62. The second-order valence-electron chi connectivity index (χ2n) is 4.67. The summed E-state index contributed by atoms with van der Waals surface area (Å²) in [7, 11) is 0. The molecule has 92 valence electrons. The van der Waals surface area contributed by atoms with Gasteiger partial charge in [0.25, 0.3) is 0 Å². The largest absolute Gasteiger partial charge is 0.446 e. The number of nitrogens with one attached hydrogen (secondary N) is 1. The molecule has 0 radical (unpaired) electrons. The normalized spacial score (nSPS) is 11.2. The van der Waals surface area contributed by atoms with Crippen LogP contribution in [0.1, 0.15) is 45.3 Å². The fourth-order valence-corrected chi connectivity index (χ4v) is 1.52. The van der Waals surface area contributed by atoms with Crippen LogP contribution in [-0.4, -0.2) is 18.1 Å². The van der Waals surface area contributed by atoms with E-state index in [4.69, 9.17) is 4.42 Å². The van der Waals surface area contributed by atoms with Gasteiger partial charge < -0.3 is 9.73 Å². The minimum Gasteiger partial charge on any atom is -0.446 e. The SMILES string of the molecule is CCCCc1cnc(CCNCC(C)C)o1. The number of hydrogen-bond acceptors (Lipinski definition) is 3. The van der Waals surface area contributed by atoms with Gasteiger partial charge in [-0.3, -0.25) is 0 Å². The van der Waals surface area contributed by atoms with Crippen LogP contribution in [0.25, 0.3) is 0 Å². The van der Waals surface area contributed by atoms with Gasteiger partial charge in [0.2, 0.25) is 0 Å². The molecule has 0 fully saturated rings. The Balaban J connectivity index is 2.19. The first-order valence-electron chi connectivity index (χ1n) is 6.36. The number of oxazole rings is 1. The molecule has 3 nitrogen and oxygen atoms in total. The van der Waals surface area contributed by atoms with Crippen LogP contribution in [0.3, 0.4) is 0 Å². The predicted molar refractivity (Wildman–Crippen MR) is 66.5 cm³/mol. The lowest BCUT2D eigenvalue weighted by Gasteiger charge is -2.05. The van der Waals surface area contributed by atoms with Crippen LogP contribution < -0.4 is 5.32 Å². The summed E-state index contributed by atoms with van der Waals surface area (Å²) in [5.74, 6) is 2.59. The molecule has 1 N–H and O–H groups in total. The van der Waals surface area contributed by atoms with Crippen LogP contribution in [0.2, 0.25) is 0 Å². The molecule has 0 spiro atoms. The molecule has 1 rings (SSSR count). The Morgan fingerprint density at radius 1 is 1.38 bits per heavy atom. The molecule has 0 aliphatic carbocycles. The van der Waals surface area contributed by atoms with Crippen LogP contribution in [0.15, 0.2) is 10.6 Å². The Kier molecular flexibility index (Phi) is 6.16. The van der Waals surface area contributed by atoms with E-state index in [0.717, 1.165) is 37.6 Å². The number of unbranched alkanes of at least 4 members (excludes halogenated alkanes) is 1. The standard InChI is InChI=1S/C13H24N2O/c1-4-5-6-12-10-15-13(16-12)7-8-14-9-11(2)3/h10-11,14H,4-9H2,1-3H3. The van der Waals surface area contributed by atoms with Crippen LogP contribution in [-0.2, 0) is 12.8 Å². The molecular formula is C13H24N2O. The number of nitrogens with zero attached hydrogens (tertiary/aromatic N) is 1. The molecule has 0 amide bonds. The minimum absolute atomic E-state index is 0.699. The Morgan fingerprint density at radius 2 is 2.19 bits per heavy atom. The first kappa shape index (κ1) is 13.2. The van der Waals surface area contributed by atoms with E-state index in [1.165, 1.54) is 12.8 Å². The molecule has 1 heterocycles. The zero-order valence-electron chi connectivity index (χ0n) is 10.8. The van der Waals surface area contributed by atoms with Gasteiger partial charge in [0.05, 0.1) is 6.20 Å². The highest BCUT2D eigenvalue weighted by Crippen LogP contribution is 2.07. The van der Waals surface area contributed by atoms with Gasteiger partial charge in [-0.1, -0.05) is 27.2 Å². The predicted octanol–water partition coefficient (Wildman–Crippen LogP) is 2.81. The van der Waals surface area contributed by atoms with Gasteiger partial charge in [0.15, 0.2) is 5.89 Å². The summed E-state index contributed by atoms with van der Waals surface area (Å²) >= 11 is 0. The van der Waals surface area contributed by atoms with Crippen molar-refractivity contribution in [1.29, 1.82) is 0 Å². The quantitative estimate of drug-likeness (QED) is 0.690. The third-order valence-electron chi connectivity index (χ3n) is 2.45. The fraction of sp³-hybridized carbons (Fsp3) is 0.769. The Hall–Kier alpha value is -0.830. The molecular weight excluding hydrogens is 200 g/mol. The van der Waals surface area contributed by atoms with E-state index in [2.05, 4.69) is 31.1 Å². The van der Waals surface area contributed by atoms with Crippen molar-refractivity contribution in [2.24, 2.45) is 5.92 Å². The Labute approximate surface area is 98.6 Å². The highest BCUT2D eigenvalue weighted by Gasteiger charge is 2.03. The molecule has 3 heteroatoms. The van der Waals surface area contributed by atoms with Crippen molar-refractivity contribution in [3.63, 3.8) is 0 Å².